The van der Waals surface area contributed by atoms with Gasteiger partial charge in [0.1, 0.15) is 5.75 Å². The molecule has 0 radical (unpaired) electrons. The number of benzene rings is 1. The van der Waals surface area contributed by atoms with Gasteiger partial charge in [-0.15, -0.1) is 0 Å². The van der Waals surface area contributed by atoms with Gasteiger partial charge < -0.3 is 15.4 Å². The first-order valence-corrected chi connectivity index (χ1v) is 5.87. The van der Waals surface area contributed by atoms with Crippen molar-refractivity contribution in [3.8, 4) is 5.75 Å². The monoisotopic (exact) mass is 234 g/mol. The number of nitrogens with one attached hydrogen (secondary N) is 2. The Bertz CT molecular complexity index is 414. The number of carbonyl (C=O) groups excluding carboxylic acids is 1. The third-order valence-electron chi connectivity index (χ3n) is 2.79. The summed E-state index contributed by atoms with van der Waals surface area (Å²) in [4.78, 5) is 11.5. The average Bonchev–Trinajstić information content (AvgIpc) is 3.10. The second kappa shape index (κ2) is 5.08. The van der Waals surface area contributed by atoms with Crippen molar-refractivity contribution in [1.29, 1.82) is 0 Å². The summed E-state index contributed by atoms with van der Waals surface area (Å²) in [6, 6.07) is 6.21. The quantitative estimate of drug-likeness (QED) is 0.815. The number of ether oxygens (including phenoxy) is 1. The fourth-order valence-corrected chi connectivity index (χ4v) is 1.68. The summed E-state index contributed by atoms with van der Waals surface area (Å²) in [5.41, 5.74) is 1.99. The highest BCUT2D eigenvalue weighted by Crippen LogP contribution is 2.21. The van der Waals surface area contributed by atoms with Gasteiger partial charge in [-0.3, -0.25) is 4.79 Å². The zero-order valence-corrected chi connectivity index (χ0v) is 10.2. The zero-order valence-electron chi connectivity index (χ0n) is 10.2. The molecule has 0 saturated heterocycles. The van der Waals surface area contributed by atoms with Gasteiger partial charge in [0, 0.05) is 11.7 Å². The van der Waals surface area contributed by atoms with Gasteiger partial charge in [-0.25, -0.2) is 0 Å². The summed E-state index contributed by atoms with van der Waals surface area (Å²) >= 11 is 0. The lowest BCUT2D eigenvalue weighted by atomic mass is 10.2. The molecule has 1 amide bonds. The Morgan fingerprint density at radius 1 is 1.47 bits per heavy atom. The van der Waals surface area contributed by atoms with Crippen LogP contribution in [0.25, 0.3) is 0 Å². The Morgan fingerprint density at radius 3 is 2.82 bits per heavy atom. The molecule has 0 unspecified atom stereocenters. The molecule has 0 bridgehead atoms. The summed E-state index contributed by atoms with van der Waals surface area (Å²) in [6.07, 6.45) is 2.24. The van der Waals surface area contributed by atoms with E-state index in [4.69, 9.17) is 4.74 Å². The van der Waals surface area contributed by atoms with Crippen molar-refractivity contribution in [1.82, 2.24) is 5.32 Å². The minimum atomic E-state index is 0.0565. The van der Waals surface area contributed by atoms with Crippen LogP contribution in [0.1, 0.15) is 18.4 Å². The minimum Gasteiger partial charge on any atom is -0.496 e. The second-order valence-electron chi connectivity index (χ2n) is 4.38. The summed E-state index contributed by atoms with van der Waals surface area (Å²) in [6.45, 7) is 2.30. The van der Waals surface area contributed by atoms with Gasteiger partial charge in [-0.05, 0) is 43.5 Å². The van der Waals surface area contributed by atoms with Crippen LogP contribution in [-0.2, 0) is 4.79 Å². The third kappa shape index (κ3) is 3.37. The number of hydrogen-bond acceptors (Lipinski definition) is 3. The Balaban J connectivity index is 1.85. The van der Waals surface area contributed by atoms with Gasteiger partial charge in [-0.1, -0.05) is 0 Å². The Hall–Kier alpha value is -1.71. The number of aryl methyl sites for hydroxylation is 1. The number of rotatable bonds is 5. The van der Waals surface area contributed by atoms with Crippen LogP contribution < -0.4 is 15.4 Å². The van der Waals surface area contributed by atoms with E-state index in [0.717, 1.165) is 29.8 Å². The normalized spacial score (nSPS) is 14.2. The first kappa shape index (κ1) is 11.8. The highest BCUT2D eigenvalue weighted by molar-refractivity contribution is 5.81. The molecule has 17 heavy (non-hydrogen) atoms. The maximum Gasteiger partial charge on any atom is 0.239 e. The minimum absolute atomic E-state index is 0.0565. The molecule has 1 aromatic rings. The molecule has 1 aliphatic rings. The number of anilines is 1. The number of amides is 1. The molecule has 4 heteroatoms. The lowest BCUT2D eigenvalue weighted by Crippen LogP contribution is -2.31. The fourth-order valence-electron chi connectivity index (χ4n) is 1.68. The Morgan fingerprint density at radius 2 is 2.24 bits per heavy atom. The van der Waals surface area contributed by atoms with Gasteiger partial charge in [-0.2, -0.15) is 0 Å². The molecular weight excluding hydrogens is 216 g/mol. The van der Waals surface area contributed by atoms with E-state index in [9.17, 15) is 4.79 Å². The summed E-state index contributed by atoms with van der Waals surface area (Å²) in [5.74, 6) is 0.916. The molecule has 4 nitrogen and oxygen atoms in total. The molecular formula is C13H18N2O2. The van der Waals surface area contributed by atoms with Crippen molar-refractivity contribution >= 4 is 11.6 Å². The van der Waals surface area contributed by atoms with Crippen molar-refractivity contribution in [2.45, 2.75) is 25.8 Å². The lowest BCUT2D eigenvalue weighted by Gasteiger charge is -2.09. The largest absolute Gasteiger partial charge is 0.496 e. The molecule has 0 aliphatic heterocycles. The van der Waals surface area contributed by atoms with E-state index in [0.29, 0.717) is 12.6 Å². The number of carbonyl (C=O) groups is 1. The molecule has 0 atom stereocenters. The molecule has 0 aromatic heterocycles. The molecule has 1 fully saturated rings. The maximum atomic E-state index is 11.5. The van der Waals surface area contributed by atoms with Crippen LogP contribution in [0.15, 0.2) is 18.2 Å². The zero-order chi connectivity index (χ0) is 12.3. The van der Waals surface area contributed by atoms with Crippen LogP contribution in [0, 0.1) is 6.92 Å². The highest BCUT2D eigenvalue weighted by Gasteiger charge is 2.22. The van der Waals surface area contributed by atoms with Crippen LogP contribution in [-0.4, -0.2) is 25.6 Å². The van der Waals surface area contributed by atoms with Crippen molar-refractivity contribution in [3.05, 3.63) is 23.8 Å². The van der Waals surface area contributed by atoms with Gasteiger partial charge in [0.05, 0.1) is 13.7 Å². The van der Waals surface area contributed by atoms with E-state index in [-0.39, 0.29) is 5.91 Å². The Labute approximate surface area is 101 Å². The van der Waals surface area contributed by atoms with Crippen LogP contribution >= 0.6 is 0 Å². The predicted molar refractivity (Wildman–Crippen MR) is 67.4 cm³/mol. The van der Waals surface area contributed by atoms with E-state index in [1.807, 2.05) is 25.1 Å². The van der Waals surface area contributed by atoms with E-state index < -0.39 is 0 Å². The maximum absolute atomic E-state index is 11.5. The molecule has 0 spiro atoms. The van der Waals surface area contributed by atoms with Gasteiger partial charge in [0.25, 0.3) is 0 Å². The number of methoxy groups -OCH3 is 1. The van der Waals surface area contributed by atoms with Crippen molar-refractivity contribution in [2.75, 3.05) is 19.0 Å². The van der Waals surface area contributed by atoms with Crippen molar-refractivity contribution in [2.24, 2.45) is 0 Å². The summed E-state index contributed by atoms with van der Waals surface area (Å²) in [5, 5.41) is 6.04. The summed E-state index contributed by atoms with van der Waals surface area (Å²) in [7, 11) is 1.65. The van der Waals surface area contributed by atoms with Crippen molar-refractivity contribution < 1.29 is 9.53 Å². The highest BCUT2D eigenvalue weighted by atomic mass is 16.5. The van der Waals surface area contributed by atoms with Gasteiger partial charge in [0.2, 0.25) is 5.91 Å². The lowest BCUT2D eigenvalue weighted by molar-refractivity contribution is -0.119. The van der Waals surface area contributed by atoms with Crippen LogP contribution in [0.3, 0.4) is 0 Å². The van der Waals surface area contributed by atoms with Crippen LogP contribution in [0.4, 0.5) is 5.69 Å². The first-order valence-electron chi connectivity index (χ1n) is 5.87. The molecule has 1 aliphatic carbocycles. The van der Waals surface area contributed by atoms with Gasteiger partial charge in [0.15, 0.2) is 0 Å². The molecule has 1 aromatic carbocycles. The fraction of sp³-hybridized carbons (Fsp3) is 0.462. The third-order valence-corrected chi connectivity index (χ3v) is 2.79. The van der Waals surface area contributed by atoms with Crippen LogP contribution in [0.2, 0.25) is 0 Å². The molecule has 0 heterocycles. The van der Waals surface area contributed by atoms with E-state index in [2.05, 4.69) is 10.6 Å². The molecule has 1 saturated carbocycles. The van der Waals surface area contributed by atoms with Crippen molar-refractivity contribution in [3.63, 3.8) is 0 Å². The van der Waals surface area contributed by atoms with Crippen LogP contribution in [0.5, 0.6) is 5.75 Å². The second-order valence-corrected chi connectivity index (χ2v) is 4.38. The number of hydrogen-bond donors (Lipinski definition) is 2. The average molecular weight is 234 g/mol. The first-order chi connectivity index (χ1) is 8.19. The Kier molecular flexibility index (Phi) is 3.52. The topological polar surface area (TPSA) is 50.4 Å². The molecule has 2 N–H and O–H groups in total. The van der Waals surface area contributed by atoms with E-state index in [1.54, 1.807) is 7.11 Å². The molecule has 2 rings (SSSR count). The standard InChI is InChI=1S/C13H18N2O2/c1-9-7-11(5-6-12(9)17-2)14-8-13(16)15-10-3-4-10/h5-7,10,14H,3-4,8H2,1-2H3,(H,15,16). The summed E-state index contributed by atoms with van der Waals surface area (Å²) < 4.78 is 5.18. The van der Waals surface area contributed by atoms with Gasteiger partial charge >= 0.3 is 0 Å². The van der Waals surface area contributed by atoms with E-state index in [1.165, 1.54) is 0 Å². The molecule has 92 valence electrons. The SMILES string of the molecule is COc1ccc(NCC(=O)NC2CC2)cc1C. The predicted octanol–water partition coefficient (Wildman–Crippen LogP) is 1.69. The smallest absolute Gasteiger partial charge is 0.239 e. The van der Waals surface area contributed by atoms with E-state index >= 15 is 0 Å².